The van der Waals surface area contributed by atoms with Crippen molar-refractivity contribution in [2.75, 3.05) is 0 Å². The number of aromatic nitrogens is 3. The number of phenols is 1. The van der Waals surface area contributed by atoms with E-state index in [4.69, 9.17) is 21.8 Å². The third-order valence-electron chi connectivity index (χ3n) is 7.77. The lowest BCUT2D eigenvalue weighted by Gasteiger charge is -2.35. The quantitative estimate of drug-likeness (QED) is 0.228. The van der Waals surface area contributed by atoms with E-state index in [1.54, 1.807) is 4.80 Å². The van der Waals surface area contributed by atoms with Crippen LogP contribution in [0.15, 0.2) is 84.9 Å². The van der Waals surface area contributed by atoms with Crippen LogP contribution < -0.4 is 0 Å². The van der Waals surface area contributed by atoms with Gasteiger partial charge in [0.2, 0.25) is 0 Å². The highest BCUT2D eigenvalue weighted by atomic mass is 35.5. The Morgan fingerprint density at radius 3 is 2.10 bits per heavy atom. The van der Waals surface area contributed by atoms with Gasteiger partial charge in [0.15, 0.2) is 0 Å². The average Bonchev–Trinajstić information content (AvgIpc) is 3.31. The number of hydrogen-bond donors (Lipinski definition) is 1. The first kappa shape index (κ1) is 27.9. The van der Waals surface area contributed by atoms with Gasteiger partial charge in [-0.15, -0.1) is 10.2 Å². The number of rotatable bonds is 6. The van der Waals surface area contributed by atoms with Gasteiger partial charge in [-0.1, -0.05) is 115 Å². The molecule has 40 heavy (non-hydrogen) atoms. The molecule has 4 nitrogen and oxygen atoms in total. The highest BCUT2D eigenvalue weighted by Gasteiger charge is 2.32. The van der Waals surface area contributed by atoms with Crippen LogP contribution in [0.3, 0.4) is 0 Å². The van der Waals surface area contributed by atoms with E-state index in [9.17, 15) is 5.11 Å². The predicted octanol–water partition coefficient (Wildman–Crippen LogP) is 9.49. The molecular weight excluding hydrogens is 514 g/mol. The van der Waals surface area contributed by atoms with E-state index in [2.05, 4.69) is 78.8 Å². The Hall–Kier alpha value is -3.63. The molecule has 1 aromatic heterocycles. The normalized spacial score (nSPS) is 12.7. The van der Waals surface area contributed by atoms with Crippen molar-refractivity contribution in [1.29, 1.82) is 0 Å². The maximum Gasteiger partial charge on any atom is 0.127 e. The maximum atomic E-state index is 11.8. The van der Waals surface area contributed by atoms with Gasteiger partial charge in [0, 0.05) is 21.6 Å². The summed E-state index contributed by atoms with van der Waals surface area (Å²) in [4.78, 5) is 1.68. The molecule has 0 unspecified atom stereocenters. The van der Waals surface area contributed by atoms with Crippen LogP contribution >= 0.6 is 11.6 Å². The molecule has 0 fully saturated rings. The Bertz CT molecular complexity index is 1680. The summed E-state index contributed by atoms with van der Waals surface area (Å²) in [5.74, 6) is 0.314. The van der Waals surface area contributed by atoms with Crippen molar-refractivity contribution in [3.05, 3.63) is 107 Å². The molecule has 0 aliphatic heterocycles. The minimum atomic E-state index is -0.372. The van der Waals surface area contributed by atoms with Crippen LogP contribution in [0.2, 0.25) is 5.02 Å². The highest BCUT2D eigenvalue weighted by molar-refractivity contribution is 6.31. The Labute approximate surface area is 242 Å². The molecule has 0 saturated carbocycles. The van der Waals surface area contributed by atoms with Gasteiger partial charge in [-0.25, -0.2) is 0 Å². The summed E-state index contributed by atoms with van der Waals surface area (Å²) in [6, 6.07) is 28.3. The average molecular weight is 552 g/mol. The third-order valence-corrected chi connectivity index (χ3v) is 8.01. The summed E-state index contributed by atoms with van der Waals surface area (Å²) in [5, 5.41) is 21.9. The molecule has 0 aliphatic carbocycles. The van der Waals surface area contributed by atoms with Crippen LogP contribution in [0.5, 0.6) is 5.75 Å². The monoisotopic (exact) mass is 551 g/mol. The van der Waals surface area contributed by atoms with E-state index in [1.165, 1.54) is 0 Å². The molecule has 0 amide bonds. The van der Waals surface area contributed by atoms with Crippen LogP contribution in [0.25, 0.3) is 27.8 Å². The molecule has 0 saturated heterocycles. The Morgan fingerprint density at radius 2 is 1.40 bits per heavy atom. The minimum Gasteiger partial charge on any atom is -0.507 e. The number of hydrogen-bond acceptors (Lipinski definition) is 3. The summed E-state index contributed by atoms with van der Waals surface area (Å²) in [5.41, 5.74) is 6.98. The van der Waals surface area contributed by atoms with Gasteiger partial charge in [0.1, 0.15) is 16.8 Å². The molecule has 0 radical (unpaired) electrons. The van der Waals surface area contributed by atoms with Gasteiger partial charge < -0.3 is 5.11 Å². The van der Waals surface area contributed by atoms with Crippen molar-refractivity contribution < 1.29 is 5.11 Å². The zero-order chi connectivity index (χ0) is 28.9. The van der Waals surface area contributed by atoms with E-state index in [0.29, 0.717) is 10.8 Å². The number of aromatic hydroxyl groups is 1. The second-order valence-electron chi connectivity index (χ2n) is 13.2. The molecule has 1 heterocycles. The standard InChI is InChI=1S/C35H38ClN3O/c1-33(2,3)22-34(4,5)29-21-25(39-37-30-19-16-24(36)20-31(30)38-39)17-18-26(29)27-14-11-15-28(32(27)40)35(6,7)23-12-9-8-10-13-23/h8-21,40H,22H2,1-7H3. The molecule has 1 N–H and O–H groups in total. The largest absolute Gasteiger partial charge is 0.507 e. The van der Waals surface area contributed by atoms with Crippen LogP contribution in [-0.4, -0.2) is 20.1 Å². The Balaban J connectivity index is 1.69. The molecule has 0 bridgehead atoms. The summed E-state index contributed by atoms with van der Waals surface area (Å²) in [6.07, 6.45) is 0.955. The van der Waals surface area contributed by atoms with Crippen molar-refractivity contribution >= 4 is 22.6 Å². The predicted molar refractivity (Wildman–Crippen MR) is 167 cm³/mol. The molecule has 4 aromatic carbocycles. The summed E-state index contributed by atoms with van der Waals surface area (Å²) in [6.45, 7) is 15.7. The van der Waals surface area contributed by atoms with E-state index < -0.39 is 0 Å². The molecule has 5 rings (SSSR count). The number of para-hydroxylation sites is 1. The molecule has 0 atom stereocenters. The second-order valence-corrected chi connectivity index (χ2v) is 13.6. The lowest BCUT2D eigenvalue weighted by Crippen LogP contribution is -2.26. The fraction of sp³-hybridized carbons (Fsp3) is 0.314. The van der Waals surface area contributed by atoms with Gasteiger partial charge in [0.25, 0.3) is 0 Å². The molecular formula is C35H38ClN3O. The van der Waals surface area contributed by atoms with Gasteiger partial charge in [0.05, 0.1) is 5.69 Å². The smallest absolute Gasteiger partial charge is 0.127 e. The fourth-order valence-corrected chi connectivity index (χ4v) is 6.32. The van der Waals surface area contributed by atoms with E-state index in [-0.39, 0.29) is 16.2 Å². The number of nitrogens with zero attached hydrogens (tertiary/aromatic N) is 3. The number of fused-ring (bicyclic) bond motifs is 1. The summed E-state index contributed by atoms with van der Waals surface area (Å²) >= 11 is 6.21. The van der Waals surface area contributed by atoms with Crippen molar-refractivity contribution in [2.24, 2.45) is 5.41 Å². The van der Waals surface area contributed by atoms with Crippen LogP contribution in [-0.2, 0) is 10.8 Å². The second kappa shape index (κ2) is 10.1. The summed E-state index contributed by atoms with van der Waals surface area (Å²) in [7, 11) is 0. The minimum absolute atomic E-state index is 0.103. The van der Waals surface area contributed by atoms with Crippen molar-refractivity contribution in [1.82, 2.24) is 15.0 Å². The van der Waals surface area contributed by atoms with Gasteiger partial charge in [-0.3, -0.25) is 0 Å². The third kappa shape index (κ3) is 5.38. The van der Waals surface area contributed by atoms with Crippen molar-refractivity contribution in [3.8, 4) is 22.6 Å². The fourth-order valence-electron chi connectivity index (χ4n) is 6.15. The van der Waals surface area contributed by atoms with Gasteiger partial charge in [-0.05, 0) is 64.3 Å². The zero-order valence-electron chi connectivity index (χ0n) is 24.5. The maximum absolute atomic E-state index is 11.8. The topological polar surface area (TPSA) is 50.9 Å². The SMILES string of the molecule is CC(C)(C)CC(C)(C)c1cc(-n2nc3ccc(Cl)cc3n2)ccc1-c1cccc(C(C)(C)c2ccccc2)c1O. The summed E-state index contributed by atoms with van der Waals surface area (Å²) < 4.78 is 0. The Morgan fingerprint density at radius 1 is 0.700 bits per heavy atom. The Kier molecular flexibility index (Phi) is 7.04. The van der Waals surface area contributed by atoms with Crippen molar-refractivity contribution in [3.63, 3.8) is 0 Å². The molecule has 0 spiro atoms. The van der Waals surface area contributed by atoms with Crippen LogP contribution in [0, 0.1) is 5.41 Å². The molecule has 5 heteroatoms. The number of phenolic OH excluding ortho intramolecular Hbond substituents is 1. The first-order valence-corrected chi connectivity index (χ1v) is 14.2. The molecule has 5 aromatic rings. The molecule has 206 valence electrons. The lowest BCUT2D eigenvalue weighted by molar-refractivity contribution is 0.284. The van der Waals surface area contributed by atoms with Crippen LogP contribution in [0.1, 0.15) is 71.6 Å². The first-order chi connectivity index (χ1) is 18.8. The van der Waals surface area contributed by atoms with Gasteiger partial charge >= 0.3 is 0 Å². The van der Waals surface area contributed by atoms with Gasteiger partial charge in [-0.2, -0.15) is 4.80 Å². The van der Waals surface area contributed by atoms with E-state index in [0.717, 1.165) is 51.0 Å². The first-order valence-electron chi connectivity index (χ1n) is 13.8. The van der Waals surface area contributed by atoms with E-state index in [1.807, 2.05) is 54.6 Å². The van der Waals surface area contributed by atoms with Crippen molar-refractivity contribution in [2.45, 2.75) is 65.7 Å². The van der Waals surface area contributed by atoms with E-state index >= 15 is 0 Å². The zero-order valence-corrected chi connectivity index (χ0v) is 25.2. The van der Waals surface area contributed by atoms with Crippen LogP contribution in [0.4, 0.5) is 0 Å². The highest BCUT2D eigenvalue weighted by Crippen LogP contribution is 2.46. The number of benzene rings is 4. The number of halogens is 1. The molecule has 0 aliphatic rings. The lowest BCUT2D eigenvalue weighted by atomic mass is 9.70.